The van der Waals surface area contributed by atoms with Crippen molar-refractivity contribution in [3.63, 3.8) is 0 Å². The van der Waals surface area contributed by atoms with Gasteiger partial charge >= 0.3 is 0 Å². The van der Waals surface area contributed by atoms with Gasteiger partial charge in [-0.3, -0.25) is 14.3 Å². The third kappa shape index (κ3) is 3.91. The summed E-state index contributed by atoms with van der Waals surface area (Å²) in [5.41, 5.74) is 7.33. The highest BCUT2D eigenvalue weighted by atomic mass is 19.3. The Kier molecular flexibility index (Phi) is 4.91. The first-order chi connectivity index (χ1) is 13.8. The molecule has 4 rings (SSSR count). The van der Waals surface area contributed by atoms with Crippen LogP contribution in [-0.2, 0) is 21.9 Å². The maximum absolute atomic E-state index is 13.8. The summed E-state index contributed by atoms with van der Waals surface area (Å²) in [6, 6.07) is 4.43. The summed E-state index contributed by atoms with van der Waals surface area (Å²) in [5, 5.41) is 0.843. The number of pyridine rings is 2. The zero-order valence-corrected chi connectivity index (χ0v) is 15.9. The summed E-state index contributed by atoms with van der Waals surface area (Å²) in [5.74, 6) is -3.11. The minimum absolute atomic E-state index is 0.00545. The molecule has 9 heteroatoms. The van der Waals surface area contributed by atoms with Crippen molar-refractivity contribution in [3.8, 4) is 5.82 Å². The van der Waals surface area contributed by atoms with Gasteiger partial charge < -0.3 is 15.4 Å². The average molecular weight is 401 g/mol. The number of hydrogen-bond donors (Lipinski definition) is 1. The van der Waals surface area contributed by atoms with Crippen molar-refractivity contribution in [3.05, 3.63) is 48.0 Å². The lowest BCUT2D eigenvalue weighted by Crippen LogP contribution is -2.36. The number of primary amides is 1. The molecule has 1 saturated heterocycles. The lowest BCUT2D eigenvalue weighted by atomic mass is 10.1. The number of alkyl halides is 2. The van der Waals surface area contributed by atoms with Crippen LogP contribution < -0.4 is 10.6 Å². The fraction of sp³-hybridized carbons (Fsp3) is 0.350. The van der Waals surface area contributed by atoms with E-state index < -0.39 is 11.8 Å². The molecule has 7 nitrogen and oxygen atoms in total. The van der Waals surface area contributed by atoms with Crippen LogP contribution in [0.25, 0.3) is 16.7 Å². The normalized spacial score (nSPS) is 15.1. The molecular formula is C20H21F2N5O2. The lowest BCUT2D eigenvalue weighted by Gasteiger charge is -2.28. The zero-order valence-electron chi connectivity index (χ0n) is 15.9. The number of fused-ring (bicyclic) bond motifs is 1. The van der Waals surface area contributed by atoms with Crippen LogP contribution in [0.5, 0.6) is 0 Å². The first-order valence-electron chi connectivity index (χ1n) is 9.28. The Hall–Kier alpha value is -3.07. The van der Waals surface area contributed by atoms with E-state index in [9.17, 15) is 13.6 Å². The minimum atomic E-state index is -2.98. The number of ether oxygens (including phenoxy) is 1. The fourth-order valence-electron chi connectivity index (χ4n) is 3.49. The standard InChI is InChI=1S/C20H21F2N5O2/c1-20(21,22)13-2-3-24-19(8-13)27-12-17(26-4-6-29-7-5-26)15-11-25-14(9-16(15)27)10-18(23)28/h2-3,8-9,11-12H,4-7,10H2,1H3,(H2,23,28). The van der Waals surface area contributed by atoms with Gasteiger partial charge in [-0.05, 0) is 18.2 Å². The van der Waals surface area contributed by atoms with Gasteiger partial charge in [0.15, 0.2) is 0 Å². The molecule has 0 spiro atoms. The van der Waals surface area contributed by atoms with Crippen LogP contribution in [0.2, 0.25) is 0 Å². The molecule has 0 bridgehead atoms. The largest absolute Gasteiger partial charge is 0.378 e. The Morgan fingerprint density at radius 1 is 1.28 bits per heavy atom. The summed E-state index contributed by atoms with van der Waals surface area (Å²) in [4.78, 5) is 22.1. The highest BCUT2D eigenvalue weighted by Crippen LogP contribution is 2.33. The smallest absolute Gasteiger partial charge is 0.270 e. The van der Waals surface area contributed by atoms with E-state index in [2.05, 4.69) is 14.9 Å². The molecule has 29 heavy (non-hydrogen) atoms. The molecule has 1 aliphatic heterocycles. The molecule has 0 aromatic carbocycles. The van der Waals surface area contributed by atoms with E-state index in [4.69, 9.17) is 10.5 Å². The van der Waals surface area contributed by atoms with Crippen LogP contribution in [0, 0.1) is 0 Å². The van der Waals surface area contributed by atoms with Gasteiger partial charge in [0.2, 0.25) is 5.91 Å². The van der Waals surface area contributed by atoms with Crippen molar-refractivity contribution in [2.45, 2.75) is 19.3 Å². The van der Waals surface area contributed by atoms with Gasteiger partial charge in [0.05, 0.1) is 36.5 Å². The number of anilines is 1. The molecule has 3 aromatic rings. The molecule has 0 radical (unpaired) electrons. The number of amides is 1. The molecule has 0 atom stereocenters. The predicted molar refractivity (Wildman–Crippen MR) is 104 cm³/mol. The predicted octanol–water partition coefficient (Wildman–Crippen LogP) is 2.40. The number of nitrogens with two attached hydrogens (primary N) is 1. The quantitative estimate of drug-likeness (QED) is 0.710. The van der Waals surface area contributed by atoms with Crippen LogP contribution in [-0.4, -0.2) is 46.7 Å². The van der Waals surface area contributed by atoms with Gasteiger partial charge in [0.25, 0.3) is 5.92 Å². The van der Waals surface area contributed by atoms with Gasteiger partial charge in [0, 0.05) is 49.6 Å². The second-order valence-corrected chi connectivity index (χ2v) is 7.11. The van der Waals surface area contributed by atoms with Crippen LogP contribution in [0.15, 0.2) is 36.8 Å². The Bertz CT molecular complexity index is 1050. The summed E-state index contributed by atoms with van der Waals surface area (Å²) in [6.07, 6.45) is 4.92. The van der Waals surface area contributed by atoms with Crippen LogP contribution >= 0.6 is 0 Å². The number of aromatic nitrogens is 3. The number of hydrogen-bond acceptors (Lipinski definition) is 5. The Labute approximate surface area is 166 Å². The summed E-state index contributed by atoms with van der Waals surface area (Å²) < 4.78 is 34.9. The van der Waals surface area contributed by atoms with E-state index in [0.29, 0.717) is 37.8 Å². The molecular weight excluding hydrogens is 380 g/mol. The molecule has 2 N–H and O–H groups in total. The average Bonchev–Trinajstić information content (AvgIpc) is 3.06. The van der Waals surface area contributed by atoms with Crippen LogP contribution in [0.1, 0.15) is 18.2 Å². The maximum atomic E-state index is 13.8. The zero-order chi connectivity index (χ0) is 20.6. The number of rotatable bonds is 5. The van der Waals surface area contributed by atoms with Gasteiger partial charge in [0.1, 0.15) is 5.82 Å². The van der Waals surface area contributed by atoms with Crippen molar-refractivity contribution in [2.75, 3.05) is 31.2 Å². The molecule has 0 saturated carbocycles. The Morgan fingerprint density at radius 2 is 2.03 bits per heavy atom. The fourth-order valence-corrected chi connectivity index (χ4v) is 3.49. The topological polar surface area (TPSA) is 86.3 Å². The molecule has 0 unspecified atom stereocenters. The summed E-state index contributed by atoms with van der Waals surface area (Å²) >= 11 is 0. The minimum Gasteiger partial charge on any atom is -0.378 e. The van der Waals surface area contributed by atoms with Gasteiger partial charge in [-0.25, -0.2) is 13.8 Å². The molecule has 1 aliphatic rings. The van der Waals surface area contributed by atoms with Gasteiger partial charge in [-0.2, -0.15) is 0 Å². The van der Waals surface area contributed by atoms with Crippen molar-refractivity contribution in [2.24, 2.45) is 5.73 Å². The summed E-state index contributed by atoms with van der Waals surface area (Å²) in [6.45, 7) is 3.49. The SMILES string of the molecule is CC(F)(F)c1ccnc(-n2cc(N3CCOCC3)c3cnc(CC(N)=O)cc32)c1. The maximum Gasteiger partial charge on any atom is 0.270 e. The second kappa shape index (κ2) is 7.40. The van der Waals surface area contributed by atoms with Crippen molar-refractivity contribution < 1.29 is 18.3 Å². The van der Waals surface area contributed by atoms with E-state index in [-0.39, 0.29) is 12.0 Å². The Balaban J connectivity index is 1.88. The van der Waals surface area contributed by atoms with Crippen molar-refractivity contribution >= 4 is 22.5 Å². The van der Waals surface area contributed by atoms with E-state index in [1.807, 2.05) is 6.20 Å². The summed E-state index contributed by atoms with van der Waals surface area (Å²) in [7, 11) is 0. The third-order valence-electron chi connectivity index (χ3n) is 4.93. The molecule has 3 aromatic heterocycles. The number of nitrogens with zero attached hydrogens (tertiary/aromatic N) is 4. The highest BCUT2D eigenvalue weighted by Gasteiger charge is 2.26. The third-order valence-corrected chi connectivity index (χ3v) is 4.93. The van der Waals surface area contributed by atoms with E-state index in [1.54, 1.807) is 16.8 Å². The first-order valence-corrected chi connectivity index (χ1v) is 9.28. The number of carbonyl (C=O) groups is 1. The van der Waals surface area contributed by atoms with Gasteiger partial charge in [-0.15, -0.1) is 0 Å². The van der Waals surface area contributed by atoms with E-state index >= 15 is 0 Å². The number of halogens is 2. The van der Waals surface area contributed by atoms with Crippen molar-refractivity contribution in [1.29, 1.82) is 0 Å². The molecule has 4 heterocycles. The van der Waals surface area contributed by atoms with Crippen molar-refractivity contribution in [1.82, 2.24) is 14.5 Å². The molecule has 1 amide bonds. The molecule has 1 fully saturated rings. The first kappa shape index (κ1) is 19.3. The van der Waals surface area contributed by atoms with E-state index in [1.165, 1.54) is 18.3 Å². The Morgan fingerprint density at radius 3 is 2.72 bits per heavy atom. The van der Waals surface area contributed by atoms with Crippen LogP contribution in [0.3, 0.4) is 0 Å². The van der Waals surface area contributed by atoms with Gasteiger partial charge in [-0.1, -0.05) is 0 Å². The van der Waals surface area contributed by atoms with Crippen LogP contribution in [0.4, 0.5) is 14.5 Å². The lowest BCUT2D eigenvalue weighted by molar-refractivity contribution is -0.117. The number of carbonyl (C=O) groups excluding carboxylic acids is 1. The van der Waals surface area contributed by atoms with E-state index in [0.717, 1.165) is 23.5 Å². The molecule has 0 aliphatic carbocycles. The second-order valence-electron chi connectivity index (χ2n) is 7.11. The molecule has 152 valence electrons. The monoisotopic (exact) mass is 401 g/mol. The highest BCUT2D eigenvalue weighted by molar-refractivity contribution is 5.94. The number of morpholine rings is 1.